The summed E-state index contributed by atoms with van der Waals surface area (Å²) in [6.45, 7) is -0.987. The van der Waals surface area contributed by atoms with Gasteiger partial charge in [0.05, 0.1) is 30.7 Å². The second-order valence-corrected chi connectivity index (χ2v) is 9.57. The van der Waals surface area contributed by atoms with Crippen molar-refractivity contribution < 1.29 is 43.7 Å². The van der Waals surface area contributed by atoms with Gasteiger partial charge in [0.15, 0.2) is 11.5 Å². The van der Waals surface area contributed by atoms with Gasteiger partial charge in [-0.05, 0) is 48.2 Å². The van der Waals surface area contributed by atoms with Crippen LogP contribution in [0.5, 0.6) is 11.5 Å². The highest BCUT2D eigenvalue weighted by molar-refractivity contribution is 6.01. The zero-order valence-corrected chi connectivity index (χ0v) is 23.7. The summed E-state index contributed by atoms with van der Waals surface area (Å²) in [4.78, 5) is 63.4. The fourth-order valence-electron chi connectivity index (χ4n) is 4.51. The lowest BCUT2D eigenvalue weighted by Crippen LogP contribution is -2.42. The highest BCUT2D eigenvalue weighted by Gasteiger charge is 2.27. The number of hydrogen-bond acceptors (Lipinski definition) is 8. The number of nitrogens with one attached hydrogen (secondary N) is 1. The van der Waals surface area contributed by atoms with Gasteiger partial charge in [0.2, 0.25) is 5.91 Å². The van der Waals surface area contributed by atoms with E-state index in [9.17, 15) is 34.2 Å². The van der Waals surface area contributed by atoms with Gasteiger partial charge < -0.3 is 35.6 Å². The summed E-state index contributed by atoms with van der Waals surface area (Å²) in [5.41, 5.74) is 7.95. The molecule has 0 radical (unpaired) electrons. The molecule has 0 bridgehead atoms. The lowest BCUT2D eigenvalue weighted by molar-refractivity contribution is -0.144. The normalized spacial score (nSPS) is 12.2. The number of fused-ring (bicyclic) bond motifs is 2. The van der Waals surface area contributed by atoms with Crippen molar-refractivity contribution in [1.82, 2.24) is 10.2 Å². The zero-order chi connectivity index (χ0) is 30.2. The quantitative estimate of drug-likeness (QED) is 0.159. The number of benzene rings is 3. The topological polar surface area (TPSA) is 186 Å². The fourth-order valence-corrected chi connectivity index (χ4v) is 4.51. The number of halogens is 1. The van der Waals surface area contributed by atoms with E-state index in [-0.39, 0.29) is 53.7 Å². The maximum atomic E-state index is 13.3. The van der Waals surface area contributed by atoms with E-state index in [1.54, 1.807) is 42.5 Å². The number of aryl methyl sites for hydroxylation is 1. The zero-order valence-electron chi connectivity index (χ0n) is 22.9. The van der Waals surface area contributed by atoms with Crippen LogP contribution in [-0.4, -0.2) is 64.5 Å². The van der Waals surface area contributed by atoms with Gasteiger partial charge in [0.1, 0.15) is 6.54 Å². The number of carboxylic acid groups (broad SMARTS) is 2. The number of carbonyl (C=O) groups is 5. The van der Waals surface area contributed by atoms with Crippen molar-refractivity contribution in [2.24, 2.45) is 0 Å². The van der Waals surface area contributed by atoms with Gasteiger partial charge in [0, 0.05) is 17.8 Å². The number of carboxylic acids is 2. The fraction of sp³-hybridized carbons (Fsp3) is 0.233. The van der Waals surface area contributed by atoms with Gasteiger partial charge in [-0.25, -0.2) is 4.79 Å². The Labute approximate surface area is 252 Å². The summed E-state index contributed by atoms with van der Waals surface area (Å²) in [6, 6.07) is 16.2. The molecular formula is C30H30ClN3O9. The van der Waals surface area contributed by atoms with Crippen LogP contribution < -0.4 is 20.5 Å². The van der Waals surface area contributed by atoms with Crippen LogP contribution >= 0.6 is 12.4 Å². The summed E-state index contributed by atoms with van der Waals surface area (Å²) in [6.07, 6.45) is 0.351. The molecule has 226 valence electrons. The molecule has 3 aromatic rings. The Bertz CT molecular complexity index is 1530. The average Bonchev–Trinajstić information content (AvgIpc) is 2.94. The number of nitrogens with zero attached hydrogens (tertiary/aromatic N) is 1. The molecule has 0 aromatic heterocycles. The second kappa shape index (κ2) is 14.7. The van der Waals surface area contributed by atoms with Crippen LogP contribution in [0.15, 0.2) is 60.7 Å². The summed E-state index contributed by atoms with van der Waals surface area (Å²) >= 11 is 0. The first kappa shape index (κ1) is 32.4. The molecule has 0 aliphatic carbocycles. The average molecular weight is 612 g/mol. The van der Waals surface area contributed by atoms with Crippen molar-refractivity contribution in [2.75, 3.05) is 25.4 Å². The van der Waals surface area contributed by atoms with Gasteiger partial charge in [-0.1, -0.05) is 36.4 Å². The number of rotatable bonds is 9. The monoisotopic (exact) mass is 611 g/mol. The molecule has 1 aliphatic heterocycles. The van der Waals surface area contributed by atoms with Crippen molar-refractivity contribution in [3.63, 3.8) is 0 Å². The Kier molecular flexibility index (Phi) is 11.1. The first-order chi connectivity index (χ1) is 20.1. The third kappa shape index (κ3) is 8.46. The Hall–Kier alpha value is -5.10. The molecule has 0 fully saturated rings. The minimum atomic E-state index is -1.22. The van der Waals surface area contributed by atoms with Gasteiger partial charge >= 0.3 is 17.9 Å². The number of nitrogen functional groups attached to an aromatic ring is 1. The second-order valence-electron chi connectivity index (χ2n) is 9.57. The van der Waals surface area contributed by atoms with Gasteiger partial charge in [-0.2, -0.15) is 0 Å². The summed E-state index contributed by atoms with van der Waals surface area (Å²) in [7, 11) is 0. The number of carbonyl (C=O) groups excluding carboxylic acids is 3. The van der Waals surface area contributed by atoms with Crippen LogP contribution in [-0.2, 0) is 33.8 Å². The number of esters is 1. The first-order valence-electron chi connectivity index (χ1n) is 13.0. The minimum Gasteiger partial charge on any atom is -0.489 e. The van der Waals surface area contributed by atoms with Crippen molar-refractivity contribution >= 4 is 47.8 Å². The lowest BCUT2D eigenvalue weighted by atomic mass is 10.0. The van der Waals surface area contributed by atoms with Gasteiger partial charge in [0.25, 0.3) is 5.91 Å². The van der Waals surface area contributed by atoms with Crippen LogP contribution in [0.4, 0.5) is 5.69 Å². The van der Waals surface area contributed by atoms with E-state index >= 15 is 0 Å². The molecule has 4 rings (SSSR count). The van der Waals surface area contributed by atoms with Crippen molar-refractivity contribution in [3.05, 3.63) is 88.5 Å². The van der Waals surface area contributed by atoms with E-state index in [4.69, 9.17) is 15.2 Å². The number of hydrogen-bond donors (Lipinski definition) is 4. The molecule has 3 aromatic carbocycles. The largest absolute Gasteiger partial charge is 0.489 e. The molecule has 1 heterocycles. The number of aliphatic carboxylic acids is 2. The molecule has 5 N–H and O–H groups in total. The lowest BCUT2D eigenvalue weighted by Gasteiger charge is -2.22. The predicted molar refractivity (Wildman–Crippen MR) is 156 cm³/mol. The molecule has 0 saturated heterocycles. The van der Waals surface area contributed by atoms with Crippen LogP contribution in [0.2, 0.25) is 0 Å². The molecular weight excluding hydrogens is 582 g/mol. The molecule has 1 aliphatic rings. The van der Waals surface area contributed by atoms with Gasteiger partial charge in [-0.15, -0.1) is 12.4 Å². The van der Waals surface area contributed by atoms with Crippen molar-refractivity contribution in [1.29, 1.82) is 0 Å². The van der Waals surface area contributed by atoms with E-state index < -0.39 is 49.2 Å². The van der Waals surface area contributed by atoms with Crippen LogP contribution in [0.3, 0.4) is 0 Å². The molecule has 0 spiro atoms. The molecule has 2 amide bonds. The van der Waals surface area contributed by atoms with Crippen molar-refractivity contribution in [3.8, 4) is 11.5 Å². The molecule has 12 nitrogen and oxygen atoms in total. The first-order valence-corrected chi connectivity index (χ1v) is 13.0. The van der Waals surface area contributed by atoms with Crippen LogP contribution in [0, 0.1) is 0 Å². The van der Waals surface area contributed by atoms with Crippen LogP contribution in [0.1, 0.15) is 43.8 Å². The molecule has 0 unspecified atom stereocenters. The number of ether oxygens (including phenoxy) is 2. The Balaban J connectivity index is 0.00000506. The summed E-state index contributed by atoms with van der Waals surface area (Å²) in [5.74, 6) is -4.96. The number of amides is 2. The van der Waals surface area contributed by atoms with Crippen molar-refractivity contribution in [2.45, 2.75) is 25.8 Å². The maximum Gasteiger partial charge on any atom is 0.343 e. The molecule has 43 heavy (non-hydrogen) atoms. The van der Waals surface area contributed by atoms with E-state index in [1.807, 2.05) is 0 Å². The maximum absolute atomic E-state index is 13.3. The molecule has 0 atom stereocenters. The molecule has 13 heteroatoms. The highest BCUT2D eigenvalue weighted by Crippen LogP contribution is 2.37. The SMILES string of the molecule is Cl.Nc1ccc2c(c1)CCCOc1c(C(=O)NCC(=O)N(CC(=O)O)Cc3ccccc3)ccc(CC(=O)O)c1OC2=O. The third-order valence-electron chi connectivity index (χ3n) is 6.46. The Morgan fingerprint density at radius 3 is 2.40 bits per heavy atom. The Morgan fingerprint density at radius 1 is 0.953 bits per heavy atom. The van der Waals surface area contributed by atoms with Crippen LogP contribution in [0.25, 0.3) is 0 Å². The summed E-state index contributed by atoms with van der Waals surface area (Å²) < 4.78 is 11.5. The Morgan fingerprint density at radius 2 is 1.70 bits per heavy atom. The minimum absolute atomic E-state index is 0. The van der Waals surface area contributed by atoms with E-state index in [1.165, 1.54) is 18.2 Å². The number of nitrogens with two attached hydrogens (primary N) is 1. The smallest absolute Gasteiger partial charge is 0.343 e. The number of anilines is 1. The summed E-state index contributed by atoms with van der Waals surface area (Å²) in [5, 5.41) is 21.2. The standard InChI is InChI=1S/C30H29N3O9.ClH/c31-21-9-11-22-19(13-21)7-4-12-41-28-23(10-8-20(14-25(35)36)27(28)42-30(22)40)29(39)32-15-24(34)33(17-26(37)38)16-18-5-2-1-3-6-18;/h1-3,5-6,8-11,13H,4,7,12,14-17,31H2,(H,32,39)(H,35,36)(H,37,38);1H. The van der Waals surface area contributed by atoms with E-state index in [2.05, 4.69) is 5.32 Å². The predicted octanol–water partition coefficient (Wildman–Crippen LogP) is 2.71. The van der Waals surface area contributed by atoms with Gasteiger partial charge in [-0.3, -0.25) is 19.2 Å². The highest BCUT2D eigenvalue weighted by atomic mass is 35.5. The third-order valence-corrected chi connectivity index (χ3v) is 6.46. The molecule has 0 saturated carbocycles. The van der Waals surface area contributed by atoms with E-state index in [0.29, 0.717) is 29.7 Å². The van der Waals surface area contributed by atoms with E-state index in [0.717, 1.165) is 4.90 Å².